The van der Waals surface area contributed by atoms with Crippen LogP contribution in [0.2, 0.25) is 0 Å². The summed E-state index contributed by atoms with van der Waals surface area (Å²) in [7, 11) is 0. The molecule has 1 saturated heterocycles. The molecular weight excluding hydrogens is 482 g/mol. The molecule has 0 spiro atoms. The SMILES string of the molecule is CCCCOC(=O)CN1C(=O)S/C(=C/c2cccc(Oc3ccc([N+](=O)[O-])cc3[N+](=O)[O-])c2)C1=O. The highest BCUT2D eigenvalue weighted by Crippen LogP contribution is 2.36. The first kappa shape index (κ1) is 25.4. The maximum atomic E-state index is 12.6. The number of nitro groups is 2. The summed E-state index contributed by atoms with van der Waals surface area (Å²) < 4.78 is 10.6. The summed E-state index contributed by atoms with van der Waals surface area (Å²) >= 11 is 0.664. The molecule has 0 atom stereocenters. The number of esters is 1. The van der Waals surface area contributed by atoms with E-state index >= 15 is 0 Å². The fourth-order valence-electron chi connectivity index (χ4n) is 2.94. The lowest BCUT2D eigenvalue weighted by Crippen LogP contribution is -2.34. The van der Waals surface area contributed by atoms with E-state index in [9.17, 15) is 34.6 Å². The third-order valence-corrected chi connectivity index (χ3v) is 5.56. The standard InChI is InChI=1S/C22H19N3O9S/c1-2-3-9-33-20(26)13-23-21(27)19(35-22(23)28)11-14-5-4-6-16(10-14)34-18-8-7-15(24(29)30)12-17(18)25(31)32/h4-8,10-12H,2-3,9,13H2,1H3/b19-11+. The quantitative estimate of drug-likeness (QED) is 0.147. The van der Waals surface area contributed by atoms with Gasteiger partial charge in [0.15, 0.2) is 0 Å². The van der Waals surface area contributed by atoms with Gasteiger partial charge in [0.1, 0.15) is 12.3 Å². The molecule has 35 heavy (non-hydrogen) atoms. The van der Waals surface area contributed by atoms with Crippen LogP contribution in [0.25, 0.3) is 6.08 Å². The van der Waals surface area contributed by atoms with Crippen molar-refractivity contribution in [2.75, 3.05) is 13.2 Å². The van der Waals surface area contributed by atoms with Crippen LogP contribution in [0.5, 0.6) is 11.5 Å². The minimum atomic E-state index is -0.796. The Balaban J connectivity index is 1.76. The van der Waals surface area contributed by atoms with E-state index in [0.717, 1.165) is 29.5 Å². The molecule has 0 saturated carbocycles. The molecular formula is C22H19N3O9S. The molecule has 0 radical (unpaired) electrons. The number of unbranched alkanes of at least 4 members (excludes halogenated alkanes) is 1. The number of rotatable bonds is 10. The number of amides is 2. The number of imide groups is 1. The van der Waals surface area contributed by atoms with Gasteiger partial charge in [-0.05, 0) is 48.0 Å². The number of nitro benzene ring substituents is 2. The van der Waals surface area contributed by atoms with Gasteiger partial charge in [-0.15, -0.1) is 0 Å². The second-order valence-corrected chi connectivity index (χ2v) is 8.18. The first-order valence-electron chi connectivity index (χ1n) is 10.3. The molecule has 1 aliphatic rings. The molecule has 2 amide bonds. The lowest BCUT2D eigenvalue weighted by Gasteiger charge is -2.11. The highest BCUT2D eigenvalue weighted by Gasteiger charge is 2.36. The minimum absolute atomic E-state index is 0.0785. The Hall–Kier alpha value is -4.26. The fraction of sp³-hybridized carbons (Fsp3) is 0.227. The number of carbonyl (C=O) groups is 3. The summed E-state index contributed by atoms with van der Waals surface area (Å²) in [4.78, 5) is 58.3. The van der Waals surface area contributed by atoms with Crippen LogP contribution < -0.4 is 4.74 Å². The first-order valence-corrected chi connectivity index (χ1v) is 11.1. The van der Waals surface area contributed by atoms with Crippen LogP contribution >= 0.6 is 11.8 Å². The number of non-ortho nitro benzene ring substituents is 1. The molecule has 0 unspecified atom stereocenters. The molecule has 13 heteroatoms. The van der Waals surface area contributed by atoms with Crippen LogP contribution in [0.3, 0.4) is 0 Å². The van der Waals surface area contributed by atoms with Crippen molar-refractivity contribution in [2.45, 2.75) is 19.8 Å². The van der Waals surface area contributed by atoms with Crippen LogP contribution in [-0.4, -0.2) is 45.0 Å². The zero-order valence-electron chi connectivity index (χ0n) is 18.4. The van der Waals surface area contributed by atoms with Gasteiger partial charge in [-0.25, -0.2) is 0 Å². The maximum Gasteiger partial charge on any atom is 0.326 e. The smallest absolute Gasteiger partial charge is 0.326 e. The molecule has 12 nitrogen and oxygen atoms in total. The van der Waals surface area contributed by atoms with Gasteiger partial charge in [0.05, 0.1) is 27.4 Å². The van der Waals surface area contributed by atoms with E-state index in [0.29, 0.717) is 23.7 Å². The Labute approximate surface area is 202 Å². The topological polar surface area (TPSA) is 159 Å². The zero-order chi connectivity index (χ0) is 25.5. The normalized spacial score (nSPS) is 14.3. The van der Waals surface area contributed by atoms with Crippen LogP contribution in [0.4, 0.5) is 16.2 Å². The van der Waals surface area contributed by atoms with E-state index in [-0.39, 0.29) is 23.0 Å². The minimum Gasteiger partial charge on any atom is -0.464 e. The van der Waals surface area contributed by atoms with Crippen molar-refractivity contribution in [1.82, 2.24) is 4.90 Å². The molecule has 1 fully saturated rings. The predicted octanol–water partition coefficient (Wildman–Crippen LogP) is 4.67. The van der Waals surface area contributed by atoms with Crippen LogP contribution in [0.15, 0.2) is 47.4 Å². The van der Waals surface area contributed by atoms with E-state index in [1.807, 2.05) is 6.92 Å². The van der Waals surface area contributed by atoms with E-state index in [4.69, 9.17) is 9.47 Å². The number of nitrogens with zero attached hydrogens (tertiary/aromatic N) is 3. The lowest BCUT2D eigenvalue weighted by atomic mass is 10.2. The van der Waals surface area contributed by atoms with E-state index in [1.165, 1.54) is 18.2 Å². The molecule has 2 aromatic carbocycles. The fourth-order valence-corrected chi connectivity index (χ4v) is 3.77. The molecule has 3 rings (SSSR count). The van der Waals surface area contributed by atoms with Gasteiger partial charge in [0.25, 0.3) is 16.8 Å². The lowest BCUT2D eigenvalue weighted by molar-refractivity contribution is -0.394. The van der Waals surface area contributed by atoms with Crippen molar-refractivity contribution in [2.24, 2.45) is 0 Å². The van der Waals surface area contributed by atoms with Gasteiger partial charge < -0.3 is 9.47 Å². The second kappa shape index (κ2) is 11.2. The predicted molar refractivity (Wildman–Crippen MR) is 125 cm³/mol. The van der Waals surface area contributed by atoms with Gasteiger partial charge in [-0.3, -0.25) is 39.5 Å². The number of ether oxygens (including phenoxy) is 2. The molecule has 0 bridgehead atoms. The molecule has 0 N–H and O–H groups in total. The van der Waals surface area contributed by atoms with Gasteiger partial charge >= 0.3 is 11.7 Å². The number of hydrogen-bond acceptors (Lipinski definition) is 10. The van der Waals surface area contributed by atoms with Gasteiger partial charge in [0.2, 0.25) is 5.75 Å². The monoisotopic (exact) mass is 501 g/mol. The highest BCUT2D eigenvalue weighted by atomic mass is 32.2. The third kappa shape index (κ3) is 6.41. The zero-order valence-corrected chi connectivity index (χ0v) is 19.2. The number of carbonyl (C=O) groups excluding carboxylic acids is 3. The van der Waals surface area contributed by atoms with Gasteiger partial charge in [-0.1, -0.05) is 25.5 Å². The Bertz CT molecular complexity index is 1230. The molecule has 2 aromatic rings. The van der Waals surface area contributed by atoms with Crippen molar-refractivity contribution in [3.63, 3.8) is 0 Å². The average molecular weight is 501 g/mol. The van der Waals surface area contributed by atoms with Crippen LogP contribution in [-0.2, 0) is 14.3 Å². The van der Waals surface area contributed by atoms with E-state index in [2.05, 4.69) is 0 Å². The molecule has 0 aromatic heterocycles. The molecule has 1 aliphatic heterocycles. The van der Waals surface area contributed by atoms with Crippen molar-refractivity contribution < 1.29 is 33.7 Å². The van der Waals surface area contributed by atoms with E-state index in [1.54, 1.807) is 12.1 Å². The number of thioether (sulfide) groups is 1. The molecule has 0 aliphatic carbocycles. The van der Waals surface area contributed by atoms with Gasteiger partial charge in [-0.2, -0.15) is 0 Å². The Morgan fingerprint density at radius 3 is 2.57 bits per heavy atom. The highest BCUT2D eigenvalue weighted by molar-refractivity contribution is 8.18. The second-order valence-electron chi connectivity index (χ2n) is 7.18. The summed E-state index contributed by atoms with van der Waals surface area (Å²) in [6.07, 6.45) is 2.93. The summed E-state index contributed by atoms with van der Waals surface area (Å²) in [5, 5.41) is 21.6. The summed E-state index contributed by atoms with van der Waals surface area (Å²) in [5.74, 6) is -1.37. The van der Waals surface area contributed by atoms with Crippen molar-refractivity contribution >= 4 is 46.3 Å². The van der Waals surface area contributed by atoms with Crippen molar-refractivity contribution in [3.8, 4) is 11.5 Å². The summed E-state index contributed by atoms with van der Waals surface area (Å²) in [6, 6.07) is 9.14. The van der Waals surface area contributed by atoms with Crippen LogP contribution in [0, 0.1) is 20.2 Å². The van der Waals surface area contributed by atoms with Crippen molar-refractivity contribution in [1.29, 1.82) is 0 Å². The average Bonchev–Trinajstić information content (AvgIpc) is 3.06. The molecule has 1 heterocycles. The number of benzene rings is 2. The molecule has 182 valence electrons. The summed E-state index contributed by atoms with van der Waals surface area (Å²) in [5.41, 5.74) is -0.595. The maximum absolute atomic E-state index is 12.6. The number of hydrogen-bond donors (Lipinski definition) is 0. The Morgan fingerprint density at radius 1 is 1.11 bits per heavy atom. The summed E-state index contributed by atoms with van der Waals surface area (Å²) in [6.45, 7) is 1.65. The Kier molecular flexibility index (Phi) is 8.15. The van der Waals surface area contributed by atoms with E-state index < -0.39 is 44.9 Å². The Morgan fingerprint density at radius 2 is 1.89 bits per heavy atom. The van der Waals surface area contributed by atoms with Gasteiger partial charge in [0, 0.05) is 6.07 Å². The van der Waals surface area contributed by atoms with Crippen molar-refractivity contribution in [3.05, 3.63) is 73.2 Å². The third-order valence-electron chi connectivity index (χ3n) is 4.66. The largest absolute Gasteiger partial charge is 0.464 e. The first-order chi connectivity index (χ1) is 16.7. The van der Waals surface area contributed by atoms with Crippen LogP contribution in [0.1, 0.15) is 25.3 Å².